The van der Waals surface area contributed by atoms with Crippen LogP contribution < -0.4 is 10.2 Å². The van der Waals surface area contributed by atoms with Gasteiger partial charge in [0.25, 0.3) is 0 Å². The third-order valence-corrected chi connectivity index (χ3v) is 6.69. The van der Waals surface area contributed by atoms with Gasteiger partial charge in [-0.2, -0.15) is 0 Å². The molecule has 1 aromatic carbocycles. The maximum Gasteiger partial charge on any atom is 0.223 e. The number of benzene rings is 1. The first kappa shape index (κ1) is 22.2. The van der Waals surface area contributed by atoms with Crippen LogP contribution in [0.3, 0.4) is 0 Å². The molecule has 2 aromatic heterocycles. The molecule has 8 heteroatoms. The number of rotatable bonds is 7. The average molecular weight is 436 g/mol. The molecular weight excluding hydrogens is 402 g/mol. The van der Waals surface area contributed by atoms with Gasteiger partial charge in [-0.25, -0.2) is 0 Å². The Labute approximate surface area is 189 Å². The molecule has 0 unspecified atom stereocenters. The van der Waals surface area contributed by atoms with Crippen LogP contribution in [0.4, 0.5) is 5.82 Å². The van der Waals surface area contributed by atoms with Gasteiger partial charge in [0.15, 0.2) is 11.5 Å². The molecule has 0 spiro atoms. The van der Waals surface area contributed by atoms with Crippen LogP contribution in [0.25, 0.3) is 5.65 Å². The second kappa shape index (κ2) is 9.63. The van der Waals surface area contributed by atoms with E-state index in [2.05, 4.69) is 82.8 Å². The van der Waals surface area contributed by atoms with E-state index in [0.717, 1.165) is 38.2 Å². The number of amides is 1. The SMILES string of the molecule is CC[C@@H](C)c1ccc([C@@H](NC(=O)C2CCN(c3ccc4nnnn4n3)CC2)C(C)C)cc1. The van der Waals surface area contributed by atoms with E-state index in [1.165, 1.54) is 15.8 Å². The number of piperidine rings is 1. The van der Waals surface area contributed by atoms with E-state index in [-0.39, 0.29) is 17.9 Å². The summed E-state index contributed by atoms with van der Waals surface area (Å²) in [4.78, 5) is 15.3. The van der Waals surface area contributed by atoms with Crippen LogP contribution in [-0.4, -0.2) is 44.3 Å². The van der Waals surface area contributed by atoms with Crippen molar-refractivity contribution < 1.29 is 4.79 Å². The average Bonchev–Trinajstić information content (AvgIpc) is 3.30. The Balaban J connectivity index is 1.37. The van der Waals surface area contributed by atoms with Gasteiger partial charge in [0, 0.05) is 19.0 Å². The maximum atomic E-state index is 13.1. The molecule has 4 rings (SSSR count). The number of carbonyl (C=O) groups excluding carboxylic acids is 1. The van der Waals surface area contributed by atoms with Crippen molar-refractivity contribution in [2.24, 2.45) is 11.8 Å². The third-order valence-electron chi connectivity index (χ3n) is 6.69. The lowest BCUT2D eigenvalue weighted by Crippen LogP contribution is -2.42. The van der Waals surface area contributed by atoms with Crippen molar-refractivity contribution in [3.05, 3.63) is 47.5 Å². The maximum absolute atomic E-state index is 13.1. The summed E-state index contributed by atoms with van der Waals surface area (Å²) in [5.74, 6) is 1.88. The molecule has 0 aliphatic carbocycles. The van der Waals surface area contributed by atoms with Crippen LogP contribution >= 0.6 is 0 Å². The molecule has 1 saturated heterocycles. The zero-order chi connectivity index (χ0) is 22.7. The fourth-order valence-corrected chi connectivity index (χ4v) is 4.35. The number of tetrazole rings is 1. The molecule has 1 aliphatic heterocycles. The first-order valence-corrected chi connectivity index (χ1v) is 11.7. The van der Waals surface area contributed by atoms with E-state index in [0.29, 0.717) is 17.5 Å². The molecule has 1 N–H and O–H groups in total. The lowest BCUT2D eigenvalue weighted by Gasteiger charge is -2.33. The molecule has 8 nitrogen and oxygen atoms in total. The Morgan fingerprint density at radius 2 is 1.75 bits per heavy atom. The van der Waals surface area contributed by atoms with Crippen molar-refractivity contribution in [1.82, 2.24) is 30.6 Å². The molecule has 3 heterocycles. The zero-order valence-electron chi connectivity index (χ0n) is 19.4. The summed E-state index contributed by atoms with van der Waals surface area (Å²) in [7, 11) is 0. The fraction of sp³-hybridized carbons (Fsp3) is 0.542. The van der Waals surface area contributed by atoms with E-state index >= 15 is 0 Å². The molecule has 0 radical (unpaired) electrons. The monoisotopic (exact) mass is 435 g/mol. The Morgan fingerprint density at radius 1 is 1.06 bits per heavy atom. The number of nitrogens with zero attached hydrogens (tertiary/aromatic N) is 6. The number of hydrogen-bond acceptors (Lipinski definition) is 6. The van der Waals surface area contributed by atoms with Gasteiger partial charge < -0.3 is 10.2 Å². The second-order valence-corrected chi connectivity index (χ2v) is 9.19. The first-order chi connectivity index (χ1) is 15.5. The number of carbonyl (C=O) groups is 1. The number of hydrogen-bond donors (Lipinski definition) is 1. The van der Waals surface area contributed by atoms with E-state index < -0.39 is 0 Å². The van der Waals surface area contributed by atoms with Crippen molar-refractivity contribution >= 4 is 17.4 Å². The summed E-state index contributed by atoms with van der Waals surface area (Å²) in [6.07, 6.45) is 2.74. The minimum absolute atomic E-state index is 0.0173. The zero-order valence-corrected chi connectivity index (χ0v) is 19.4. The van der Waals surface area contributed by atoms with Crippen molar-refractivity contribution in [3.63, 3.8) is 0 Å². The molecule has 2 atom stereocenters. The highest BCUT2D eigenvalue weighted by Crippen LogP contribution is 2.27. The number of aromatic nitrogens is 5. The molecule has 1 amide bonds. The van der Waals surface area contributed by atoms with Crippen molar-refractivity contribution in [2.45, 2.75) is 58.9 Å². The normalized spacial score (nSPS) is 17.0. The summed E-state index contributed by atoms with van der Waals surface area (Å²) in [5.41, 5.74) is 3.16. The van der Waals surface area contributed by atoms with Crippen LogP contribution in [0.2, 0.25) is 0 Å². The summed E-state index contributed by atoms with van der Waals surface area (Å²) in [5, 5.41) is 19.2. The highest BCUT2D eigenvalue weighted by atomic mass is 16.2. The van der Waals surface area contributed by atoms with E-state index in [1.54, 1.807) is 0 Å². The third kappa shape index (κ3) is 4.74. The Morgan fingerprint density at radius 3 is 2.41 bits per heavy atom. The van der Waals surface area contributed by atoms with Crippen molar-refractivity contribution in [3.8, 4) is 0 Å². The summed E-state index contributed by atoms with van der Waals surface area (Å²) in [6, 6.07) is 12.6. The molecule has 1 fully saturated rings. The summed E-state index contributed by atoms with van der Waals surface area (Å²) in [6.45, 7) is 10.4. The summed E-state index contributed by atoms with van der Waals surface area (Å²) < 4.78 is 1.44. The fourth-order valence-electron chi connectivity index (χ4n) is 4.35. The van der Waals surface area contributed by atoms with E-state index in [4.69, 9.17) is 0 Å². The van der Waals surface area contributed by atoms with Gasteiger partial charge in [0.05, 0.1) is 6.04 Å². The van der Waals surface area contributed by atoms with E-state index in [9.17, 15) is 4.79 Å². The van der Waals surface area contributed by atoms with Gasteiger partial charge in [0.2, 0.25) is 5.91 Å². The van der Waals surface area contributed by atoms with Gasteiger partial charge in [0.1, 0.15) is 0 Å². The van der Waals surface area contributed by atoms with Gasteiger partial charge in [-0.15, -0.1) is 14.8 Å². The summed E-state index contributed by atoms with van der Waals surface area (Å²) >= 11 is 0. The topological polar surface area (TPSA) is 88.3 Å². The van der Waals surface area contributed by atoms with Crippen LogP contribution in [0, 0.1) is 11.8 Å². The molecule has 0 bridgehead atoms. The number of nitrogens with one attached hydrogen (secondary N) is 1. The van der Waals surface area contributed by atoms with E-state index in [1.807, 2.05) is 12.1 Å². The molecule has 170 valence electrons. The predicted octanol–water partition coefficient (Wildman–Crippen LogP) is 3.76. The molecular formula is C24H33N7O. The Hall–Kier alpha value is -3.03. The van der Waals surface area contributed by atoms with Crippen LogP contribution in [0.5, 0.6) is 0 Å². The molecule has 32 heavy (non-hydrogen) atoms. The van der Waals surface area contributed by atoms with Gasteiger partial charge >= 0.3 is 0 Å². The lowest BCUT2D eigenvalue weighted by atomic mass is 9.90. The standard InChI is InChI=1S/C24H33N7O/c1-5-17(4)18-6-8-19(9-7-18)23(16(2)3)25-24(32)20-12-14-30(15-13-20)22-11-10-21-26-28-29-31(21)27-22/h6-11,16-17,20,23H,5,12-15H2,1-4H3,(H,25,32)/t17-,23+/m1/s1. The highest BCUT2D eigenvalue weighted by molar-refractivity contribution is 5.79. The smallest absolute Gasteiger partial charge is 0.223 e. The minimum Gasteiger partial charge on any atom is -0.355 e. The quantitative estimate of drug-likeness (QED) is 0.608. The van der Waals surface area contributed by atoms with Crippen LogP contribution in [-0.2, 0) is 4.79 Å². The van der Waals surface area contributed by atoms with Crippen molar-refractivity contribution in [1.29, 1.82) is 0 Å². The molecule has 0 saturated carbocycles. The highest BCUT2D eigenvalue weighted by Gasteiger charge is 2.28. The van der Waals surface area contributed by atoms with Gasteiger partial charge in [-0.05, 0) is 64.8 Å². The number of anilines is 1. The second-order valence-electron chi connectivity index (χ2n) is 9.19. The van der Waals surface area contributed by atoms with Crippen LogP contribution in [0.1, 0.15) is 70.0 Å². The van der Waals surface area contributed by atoms with Gasteiger partial charge in [-0.3, -0.25) is 4.79 Å². The first-order valence-electron chi connectivity index (χ1n) is 11.7. The minimum atomic E-state index is 0.0173. The molecule has 1 aliphatic rings. The van der Waals surface area contributed by atoms with Crippen molar-refractivity contribution in [2.75, 3.05) is 18.0 Å². The van der Waals surface area contributed by atoms with Crippen LogP contribution in [0.15, 0.2) is 36.4 Å². The largest absolute Gasteiger partial charge is 0.355 e. The number of fused-ring (bicyclic) bond motifs is 1. The Bertz CT molecular complexity index is 1040. The van der Waals surface area contributed by atoms with Gasteiger partial charge in [-0.1, -0.05) is 52.0 Å². The molecule has 3 aromatic rings. The lowest BCUT2D eigenvalue weighted by molar-refractivity contribution is -0.126. The Kier molecular flexibility index (Phi) is 6.67. The predicted molar refractivity (Wildman–Crippen MR) is 124 cm³/mol.